The van der Waals surface area contributed by atoms with Gasteiger partial charge in [0, 0.05) is 13.1 Å². The van der Waals surface area contributed by atoms with E-state index in [1.807, 2.05) is 18.9 Å². The zero-order valence-electron chi connectivity index (χ0n) is 11.7. The largest absolute Gasteiger partial charge is 0.478 e. The van der Waals surface area contributed by atoms with Crippen molar-refractivity contribution in [3.63, 3.8) is 0 Å². The molecule has 0 saturated heterocycles. The van der Waals surface area contributed by atoms with Crippen LogP contribution in [0, 0.1) is 0 Å². The second-order valence-electron chi connectivity index (χ2n) is 4.40. The zero-order chi connectivity index (χ0) is 16.0. The third-order valence-electron chi connectivity index (χ3n) is 2.85. The van der Waals surface area contributed by atoms with Crippen LogP contribution in [0.15, 0.2) is 12.1 Å². The lowest BCUT2D eigenvalue weighted by molar-refractivity contribution is 0.0697. The van der Waals surface area contributed by atoms with Crippen LogP contribution in [0.25, 0.3) is 0 Å². The summed E-state index contributed by atoms with van der Waals surface area (Å²) in [5.74, 6) is -1.14. The zero-order valence-corrected chi connectivity index (χ0v) is 13.3. The summed E-state index contributed by atoms with van der Waals surface area (Å²) in [5, 5.41) is 14.2. The number of hydrogen-bond acceptors (Lipinski definition) is 3. The van der Waals surface area contributed by atoms with Gasteiger partial charge >= 0.3 is 12.0 Å². The Morgan fingerprint density at radius 3 is 2.33 bits per heavy atom. The molecule has 1 aromatic rings. The Balaban J connectivity index is 2.66. The number of carbonyl (C=O) groups excluding carboxylic acids is 1. The number of amides is 2. The fourth-order valence-corrected chi connectivity index (χ4v) is 2.07. The van der Waals surface area contributed by atoms with E-state index in [0.717, 1.165) is 6.54 Å². The summed E-state index contributed by atoms with van der Waals surface area (Å²) < 4.78 is 0. The third kappa shape index (κ3) is 5.41. The van der Waals surface area contributed by atoms with Crippen molar-refractivity contribution in [1.29, 1.82) is 0 Å². The molecule has 0 aliphatic rings. The maximum absolute atomic E-state index is 11.7. The maximum atomic E-state index is 11.7. The maximum Gasteiger partial charge on any atom is 0.335 e. The number of nitrogens with one attached hydrogen (secondary N) is 2. The smallest absolute Gasteiger partial charge is 0.335 e. The van der Waals surface area contributed by atoms with Crippen LogP contribution in [0.3, 0.4) is 0 Å². The molecule has 2 amide bonds. The van der Waals surface area contributed by atoms with Crippen LogP contribution in [-0.4, -0.2) is 48.7 Å². The van der Waals surface area contributed by atoms with Crippen LogP contribution in [0.5, 0.6) is 0 Å². The van der Waals surface area contributed by atoms with E-state index >= 15 is 0 Å². The molecular formula is C13H17Cl2N3O3. The predicted octanol–water partition coefficient (Wildman–Crippen LogP) is 2.76. The normalized spacial score (nSPS) is 10.5. The molecule has 3 N–H and O–H groups in total. The Bertz CT molecular complexity index is 514. The topological polar surface area (TPSA) is 81.7 Å². The minimum atomic E-state index is -1.14. The molecule has 0 aliphatic heterocycles. The predicted molar refractivity (Wildman–Crippen MR) is 83.6 cm³/mol. The number of halogens is 2. The summed E-state index contributed by atoms with van der Waals surface area (Å²) in [4.78, 5) is 24.6. The van der Waals surface area contributed by atoms with Crippen LogP contribution in [0.2, 0.25) is 10.0 Å². The van der Waals surface area contributed by atoms with Gasteiger partial charge in [0.1, 0.15) is 0 Å². The molecule has 0 spiro atoms. The summed E-state index contributed by atoms with van der Waals surface area (Å²) in [6.07, 6.45) is 0. The number of carbonyl (C=O) groups is 2. The lowest BCUT2D eigenvalue weighted by Gasteiger charge is -2.15. The van der Waals surface area contributed by atoms with E-state index in [0.29, 0.717) is 13.1 Å². The average Bonchev–Trinajstić information content (AvgIpc) is 2.42. The number of carboxylic acid groups (broad SMARTS) is 1. The molecule has 1 rings (SSSR count). The van der Waals surface area contributed by atoms with Gasteiger partial charge in [-0.05, 0) is 25.7 Å². The first kappa shape index (κ1) is 17.6. The van der Waals surface area contributed by atoms with E-state index in [1.165, 1.54) is 12.1 Å². The van der Waals surface area contributed by atoms with Gasteiger partial charge in [0.25, 0.3) is 0 Å². The molecular weight excluding hydrogens is 317 g/mol. The molecule has 0 bridgehead atoms. The lowest BCUT2D eigenvalue weighted by atomic mass is 10.2. The summed E-state index contributed by atoms with van der Waals surface area (Å²) in [7, 11) is 1.94. The number of likely N-dealkylation sites (N-methyl/N-ethyl adjacent to an activating group) is 1. The third-order valence-corrected chi connectivity index (χ3v) is 3.44. The van der Waals surface area contributed by atoms with Crippen molar-refractivity contribution in [2.75, 3.05) is 32.0 Å². The van der Waals surface area contributed by atoms with Crippen LogP contribution in [0.4, 0.5) is 10.5 Å². The van der Waals surface area contributed by atoms with Crippen LogP contribution in [-0.2, 0) is 0 Å². The molecule has 0 unspecified atom stereocenters. The highest BCUT2D eigenvalue weighted by Gasteiger charge is 2.14. The first-order valence-corrected chi connectivity index (χ1v) is 7.06. The van der Waals surface area contributed by atoms with Gasteiger partial charge in [-0.3, -0.25) is 0 Å². The molecule has 1 aromatic carbocycles. The van der Waals surface area contributed by atoms with E-state index in [9.17, 15) is 9.59 Å². The van der Waals surface area contributed by atoms with Crippen molar-refractivity contribution in [3.8, 4) is 0 Å². The number of anilines is 1. The first-order valence-electron chi connectivity index (χ1n) is 6.30. The summed E-state index contributed by atoms with van der Waals surface area (Å²) in [5.41, 5.74) is 0.144. The van der Waals surface area contributed by atoms with Gasteiger partial charge < -0.3 is 20.6 Å². The number of nitrogens with zero attached hydrogens (tertiary/aromatic N) is 1. The fraction of sp³-hybridized carbons (Fsp3) is 0.385. The Labute approximate surface area is 133 Å². The van der Waals surface area contributed by atoms with Crippen LogP contribution < -0.4 is 10.6 Å². The van der Waals surface area contributed by atoms with Gasteiger partial charge in [0.15, 0.2) is 0 Å². The van der Waals surface area contributed by atoms with Crippen molar-refractivity contribution in [3.05, 3.63) is 27.7 Å². The van der Waals surface area contributed by atoms with Gasteiger partial charge in [-0.1, -0.05) is 30.1 Å². The van der Waals surface area contributed by atoms with E-state index in [4.69, 9.17) is 28.3 Å². The summed E-state index contributed by atoms with van der Waals surface area (Å²) in [6, 6.07) is 2.01. The molecule has 0 saturated carbocycles. The highest BCUT2D eigenvalue weighted by Crippen LogP contribution is 2.31. The van der Waals surface area contributed by atoms with Crippen molar-refractivity contribution in [1.82, 2.24) is 10.2 Å². The molecule has 0 heterocycles. The van der Waals surface area contributed by atoms with Crippen molar-refractivity contribution >= 4 is 40.9 Å². The molecule has 8 heteroatoms. The highest BCUT2D eigenvalue weighted by atomic mass is 35.5. The molecule has 0 atom stereocenters. The number of rotatable bonds is 6. The number of aromatic carboxylic acids is 1. The quantitative estimate of drug-likeness (QED) is 0.747. The first-order chi connectivity index (χ1) is 9.85. The minimum absolute atomic E-state index is 0.0412. The molecule has 21 heavy (non-hydrogen) atoms. The SMILES string of the molecule is CCN(C)CCNC(=O)Nc1c(Cl)cc(C(=O)O)cc1Cl. The summed E-state index contributed by atoms with van der Waals surface area (Å²) >= 11 is 11.9. The van der Waals surface area contributed by atoms with E-state index < -0.39 is 12.0 Å². The fourth-order valence-electron chi connectivity index (χ4n) is 1.49. The Morgan fingerprint density at radius 1 is 1.29 bits per heavy atom. The molecule has 0 radical (unpaired) electrons. The second-order valence-corrected chi connectivity index (χ2v) is 5.21. The number of urea groups is 1. The standard InChI is InChI=1S/C13H17Cl2N3O3/c1-3-18(2)5-4-16-13(21)17-11-9(14)6-8(12(19)20)7-10(11)15/h6-7H,3-5H2,1-2H3,(H,19,20)(H2,16,17,21). The number of hydrogen-bond donors (Lipinski definition) is 3. The number of carboxylic acids is 1. The highest BCUT2D eigenvalue weighted by molar-refractivity contribution is 6.40. The number of benzene rings is 1. The molecule has 116 valence electrons. The van der Waals surface area contributed by atoms with E-state index in [-0.39, 0.29) is 21.3 Å². The molecule has 6 nitrogen and oxygen atoms in total. The van der Waals surface area contributed by atoms with Gasteiger partial charge in [-0.25, -0.2) is 9.59 Å². The van der Waals surface area contributed by atoms with Gasteiger partial charge in [-0.15, -0.1) is 0 Å². The van der Waals surface area contributed by atoms with E-state index in [2.05, 4.69) is 10.6 Å². The van der Waals surface area contributed by atoms with Crippen molar-refractivity contribution < 1.29 is 14.7 Å². The minimum Gasteiger partial charge on any atom is -0.478 e. The van der Waals surface area contributed by atoms with E-state index in [1.54, 1.807) is 0 Å². The molecule has 0 fully saturated rings. The Kier molecular flexibility index (Phi) is 6.74. The molecule has 0 aliphatic carbocycles. The van der Waals surface area contributed by atoms with Gasteiger partial charge in [0.05, 0.1) is 21.3 Å². The van der Waals surface area contributed by atoms with Crippen LogP contribution >= 0.6 is 23.2 Å². The summed E-state index contributed by atoms with van der Waals surface area (Å²) in [6.45, 7) is 4.09. The van der Waals surface area contributed by atoms with Gasteiger partial charge in [0.2, 0.25) is 0 Å². The molecule has 0 aromatic heterocycles. The lowest BCUT2D eigenvalue weighted by Crippen LogP contribution is -2.35. The monoisotopic (exact) mass is 333 g/mol. The Morgan fingerprint density at radius 2 is 1.86 bits per heavy atom. The Hall–Kier alpha value is -1.50. The average molecular weight is 334 g/mol. The van der Waals surface area contributed by atoms with Crippen molar-refractivity contribution in [2.24, 2.45) is 0 Å². The van der Waals surface area contributed by atoms with Crippen LogP contribution in [0.1, 0.15) is 17.3 Å². The van der Waals surface area contributed by atoms with Gasteiger partial charge in [-0.2, -0.15) is 0 Å². The second kappa shape index (κ2) is 8.07. The van der Waals surface area contributed by atoms with Crippen molar-refractivity contribution in [2.45, 2.75) is 6.92 Å².